The van der Waals surface area contributed by atoms with Crippen LogP contribution in [-0.2, 0) is 14.6 Å². The summed E-state index contributed by atoms with van der Waals surface area (Å²) in [4.78, 5) is 16.5. The molecule has 0 spiro atoms. The lowest BCUT2D eigenvalue weighted by atomic mass is 10.3. The second-order valence-electron chi connectivity index (χ2n) is 5.69. The number of hydrogen-bond acceptors (Lipinski definition) is 5. The minimum Gasteiger partial charge on any atom is -0.325 e. The van der Waals surface area contributed by atoms with Crippen molar-refractivity contribution in [1.29, 1.82) is 0 Å². The van der Waals surface area contributed by atoms with Crippen molar-refractivity contribution < 1.29 is 17.6 Å². The van der Waals surface area contributed by atoms with Crippen LogP contribution in [0.2, 0.25) is 0 Å². The first-order valence-corrected chi connectivity index (χ1v) is 10.7. The van der Waals surface area contributed by atoms with Crippen LogP contribution in [0.1, 0.15) is 0 Å². The Hall–Kier alpha value is -2.65. The normalized spacial score (nSPS) is 11.3. The second kappa shape index (κ2) is 7.93. The molecule has 0 fully saturated rings. The van der Waals surface area contributed by atoms with Crippen molar-refractivity contribution >= 4 is 33.2 Å². The summed E-state index contributed by atoms with van der Waals surface area (Å²) in [6, 6.07) is 12.0. The van der Waals surface area contributed by atoms with Crippen LogP contribution in [0.5, 0.6) is 0 Å². The van der Waals surface area contributed by atoms with Crippen LogP contribution in [-0.4, -0.2) is 35.9 Å². The molecule has 1 N–H and O–H groups in total. The van der Waals surface area contributed by atoms with E-state index in [0.29, 0.717) is 16.5 Å². The monoisotopic (exact) mass is 405 g/mol. The van der Waals surface area contributed by atoms with Gasteiger partial charge in [-0.3, -0.25) is 9.36 Å². The fourth-order valence-electron chi connectivity index (χ4n) is 2.33. The highest BCUT2D eigenvalue weighted by Crippen LogP contribution is 2.21. The molecule has 0 atom stereocenters. The molecule has 1 aromatic heterocycles. The topological polar surface area (TPSA) is 81.1 Å². The number of nitrogens with zero attached hydrogens (tertiary/aromatic N) is 2. The minimum absolute atomic E-state index is 0.0974. The largest absolute Gasteiger partial charge is 0.325 e. The highest BCUT2D eigenvalue weighted by molar-refractivity contribution is 7.99. The van der Waals surface area contributed by atoms with E-state index in [4.69, 9.17) is 0 Å². The summed E-state index contributed by atoms with van der Waals surface area (Å²) in [5, 5.41) is 3.26. The Labute approximate surface area is 160 Å². The lowest BCUT2D eigenvalue weighted by molar-refractivity contribution is -0.113. The Balaban J connectivity index is 1.63. The lowest BCUT2D eigenvalue weighted by Gasteiger charge is -2.08. The van der Waals surface area contributed by atoms with Crippen molar-refractivity contribution in [3.05, 3.63) is 66.7 Å². The van der Waals surface area contributed by atoms with Crippen molar-refractivity contribution in [3.8, 4) is 5.69 Å². The number of amides is 1. The summed E-state index contributed by atoms with van der Waals surface area (Å²) >= 11 is 1.21. The molecule has 2 aromatic carbocycles. The molecule has 0 aliphatic rings. The molecule has 0 bridgehead atoms. The first-order chi connectivity index (χ1) is 12.8. The van der Waals surface area contributed by atoms with Gasteiger partial charge in [0.15, 0.2) is 15.0 Å². The third-order valence-electron chi connectivity index (χ3n) is 3.59. The molecule has 3 aromatic rings. The Morgan fingerprint density at radius 3 is 2.63 bits per heavy atom. The number of sulfone groups is 1. The smallest absolute Gasteiger partial charge is 0.234 e. The maximum Gasteiger partial charge on any atom is 0.234 e. The van der Waals surface area contributed by atoms with Gasteiger partial charge in [-0.2, -0.15) is 0 Å². The zero-order valence-electron chi connectivity index (χ0n) is 14.3. The number of nitrogens with one attached hydrogen (secondary N) is 1. The number of carbonyl (C=O) groups excluding carboxylic acids is 1. The van der Waals surface area contributed by atoms with Gasteiger partial charge in [-0.1, -0.05) is 17.8 Å². The molecule has 27 heavy (non-hydrogen) atoms. The second-order valence-corrected chi connectivity index (χ2v) is 8.65. The molecule has 1 heterocycles. The standard InChI is InChI=1S/C18H16FN3O3S2/c1-27(24,25)16-7-5-14(6-8-16)21-17(23)12-26-18-20-9-10-22(18)15-4-2-3-13(19)11-15/h2-11H,12H2,1H3,(H,21,23). The van der Waals surface area contributed by atoms with E-state index in [0.717, 1.165) is 6.26 Å². The first kappa shape index (κ1) is 19.1. The summed E-state index contributed by atoms with van der Waals surface area (Å²) in [5.74, 6) is -0.520. The molecule has 0 aliphatic heterocycles. The van der Waals surface area contributed by atoms with Crippen LogP contribution in [0.25, 0.3) is 5.69 Å². The zero-order valence-corrected chi connectivity index (χ0v) is 15.9. The molecule has 9 heteroatoms. The molecular formula is C18H16FN3O3S2. The van der Waals surface area contributed by atoms with Crippen molar-refractivity contribution in [2.24, 2.45) is 0 Å². The summed E-state index contributed by atoms with van der Waals surface area (Å²) in [6.45, 7) is 0. The Bertz CT molecular complexity index is 1060. The van der Waals surface area contributed by atoms with Crippen molar-refractivity contribution in [1.82, 2.24) is 9.55 Å². The van der Waals surface area contributed by atoms with E-state index in [1.54, 1.807) is 29.1 Å². The van der Waals surface area contributed by atoms with Crippen LogP contribution >= 0.6 is 11.8 Å². The summed E-state index contributed by atoms with van der Waals surface area (Å²) in [7, 11) is -3.28. The molecule has 0 radical (unpaired) electrons. The third-order valence-corrected chi connectivity index (χ3v) is 5.69. The summed E-state index contributed by atoms with van der Waals surface area (Å²) in [6.07, 6.45) is 4.39. The number of halogens is 1. The van der Waals surface area contributed by atoms with Gasteiger partial charge in [-0.25, -0.2) is 17.8 Å². The summed E-state index contributed by atoms with van der Waals surface area (Å²) in [5.41, 5.74) is 1.12. The zero-order chi connectivity index (χ0) is 19.4. The van der Waals surface area contributed by atoms with E-state index in [1.807, 2.05) is 0 Å². The fourth-order valence-corrected chi connectivity index (χ4v) is 3.74. The number of imidazole rings is 1. The lowest BCUT2D eigenvalue weighted by Crippen LogP contribution is -2.14. The number of anilines is 1. The molecule has 0 aliphatic carbocycles. The number of thioether (sulfide) groups is 1. The Kier molecular flexibility index (Phi) is 5.62. The van der Waals surface area contributed by atoms with Gasteiger partial charge in [0, 0.05) is 24.3 Å². The molecule has 3 rings (SSSR count). The molecule has 1 amide bonds. The molecule has 140 valence electrons. The van der Waals surface area contributed by atoms with Gasteiger partial charge in [0.05, 0.1) is 16.3 Å². The number of hydrogen-bond donors (Lipinski definition) is 1. The van der Waals surface area contributed by atoms with Crippen molar-refractivity contribution in [3.63, 3.8) is 0 Å². The average molecular weight is 405 g/mol. The van der Waals surface area contributed by atoms with E-state index >= 15 is 0 Å². The molecule has 0 saturated heterocycles. The summed E-state index contributed by atoms with van der Waals surface area (Å²) < 4.78 is 38.0. The maximum absolute atomic E-state index is 13.4. The highest BCUT2D eigenvalue weighted by atomic mass is 32.2. The van der Waals surface area contributed by atoms with E-state index in [-0.39, 0.29) is 22.4 Å². The van der Waals surface area contributed by atoms with Crippen LogP contribution in [0, 0.1) is 5.82 Å². The van der Waals surface area contributed by atoms with Crippen molar-refractivity contribution in [2.75, 3.05) is 17.3 Å². The van der Waals surface area contributed by atoms with Crippen LogP contribution in [0.3, 0.4) is 0 Å². The maximum atomic E-state index is 13.4. The van der Waals surface area contributed by atoms with E-state index in [1.165, 1.54) is 48.2 Å². The van der Waals surface area contributed by atoms with Crippen LogP contribution in [0.15, 0.2) is 71.0 Å². The van der Waals surface area contributed by atoms with E-state index < -0.39 is 9.84 Å². The van der Waals surface area contributed by atoms with Gasteiger partial charge in [0.2, 0.25) is 5.91 Å². The van der Waals surface area contributed by atoms with Gasteiger partial charge >= 0.3 is 0 Å². The number of benzene rings is 2. The Morgan fingerprint density at radius 1 is 1.22 bits per heavy atom. The molecule has 6 nitrogen and oxygen atoms in total. The minimum atomic E-state index is -3.28. The van der Waals surface area contributed by atoms with Gasteiger partial charge in [-0.15, -0.1) is 0 Å². The quantitative estimate of drug-likeness (QED) is 0.637. The highest BCUT2D eigenvalue weighted by Gasteiger charge is 2.11. The van der Waals surface area contributed by atoms with E-state index in [2.05, 4.69) is 10.3 Å². The van der Waals surface area contributed by atoms with Gasteiger partial charge in [-0.05, 0) is 42.5 Å². The predicted octanol–water partition coefficient (Wildman–Crippen LogP) is 3.15. The Morgan fingerprint density at radius 2 is 1.96 bits per heavy atom. The molecular weight excluding hydrogens is 389 g/mol. The van der Waals surface area contributed by atoms with Crippen LogP contribution < -0.4 is 5.32 Å². The van der Waals surface area contributed by atoms with Gasteiger partial charge < -0.3 is 5.32 Å². The van der Waals surface area contributed by atoms with E-state index in [9.17, 15) is 17.6 Å². The van der Waals surface area contributed by atoms with Crippen LogP contribution in [0.4, 0.5) is 10.1 Å². The number of carbonyl (C=O) groups is 1. The third kappa shape index (κ3) is 4.95. The van der Waals surface area contributed by atoms with Crippen molar-refractivity contribution in [2.45, 2.75) is 10.1 Å². The SMILES string of the molecule is CS(=O)(=O)c1ccc(NC(=O)CSc2nccn2-c2cccc(F)c2)cc1. The predicted molar refractivity (Wildman–Crippen MR) is 102 cm³/mol. The number of aromatic nitrogens is 2. The van der Waals surface area contributed by atoms with Gasteiger partial charge in [0.25, 0.3) is 0 Å². The van der Waals surface area contributed by atoms with Gasteiger partial charge in [0.1, 0.15) is 5.82 Å². The average Bonchev–Trinajstić information content (AvgIpc) is 3.08. The fraction of sp³-hybridized carbons (Fsp3) is 0.111. The first-order valence-electron chi connectivity index (χ1n) is 7.85. The molecule has 0 saturated carbocycles. The number of rotatable bonds is 6. The molecule has 0 unspecified atom stereocenters.